The van der Waals surface area contributed by atoms with Gasteiger partial charge in [-0.15, -0.1) is 0 Å². The van der Waals surface area contributed by atoms with Crippen molar-refractivity contribution < 1.29 is 13.2 Å². The van der Waals surface area contributed by atoms with Gasteiger partial charge in [0.25, 0.3) is 0 Å². The Morgan fingerprint density at radius 3 is 2.82 bits per heavy atom. The fourth-order valence-corrected chi connectivity index (χ4v) is 4.84. The standard InChI is InChI=1S/C15H19N3O3S/c1-11-4-3-5-15(12(11)8-16)22(19,20)18-9-13-14(10-18)21-7-6-17(13)2/h3-5,13-14H,6-7,9-10H2,1-2H3/t13-,14+/m0/s1. The maximum Gasteiger partial charge on any atom is 0.244 e. The average Bonchev–Trinajstić information content (AvgIpc) is 2.93. The van der Waals surface area contributed by atoms with E-state index in [1.807, 2.05) is 13.1 Å². The topological polar surface area (TPSA) is 73.6 Å². The summed E-state index contributed by atoms with van der Waals surface area (Å²) in [5.74, 6) is 0. The lowest BCUT2D eigenvalue weighted by Gasteiger charge is -2.33. The third-order valence-corrected chi connectivity index (χ3v) is 6.38. The van der Waals surface area contributed by atoms with Crippen LogP contribution in [0.1, 0.15) is 11.1 Å². The minimum Gasteiger partial charge on any atom is -0.374 e. The number of ether oxygens (including phenoxy) is 1. The van der Waals surface area contributed by atoms with E-state index < -0.39 is 10.0 Å². The number of rotatable bonds is 2. The molecule has 1 aromatic rings. The molecule has 2 heterocycles. The minimum atomic E-state index is -3.68. The number of fused-ring (bicyclic) bond motifs is 1. The third kappa shape index (κ3) is 2.42. The van der Waals surface area contributed by atoms with Crippen molar-refractivity contribution >= 4 is 10.0 Å². The van der Waals surface area contributed by atoms with Crippen LogP contribution in [-0.2, 0) is 14.8 Å². The average molecular weight is 321 g/mol. The van der Waals surface area contributed by atoms with Crippen LogP contribution in [0.25, 0.3) is 0 Å². The van der Waals surface area contributed by atoms with Crippen molar-refractivity contribution in [2.24, 2.45) is 0 Å². The van der Waals surface area contributed by atoms with Crippen LogP contribution in [0.4, 0.5) is 0 Å². The van der Waals surface area contributed by atoms with Gasteiger partial charge in [-0.2, -0.15) is 9.57 Å². The van der Waals surface area contributed by atoms with Gasteiger partial charge in [0, 0.05) is 19.6 Å². The van der Waals surface area contributed by atoms with Gasteiger partial charge in [0.05, 0.1) is 24.3 Å². The van der Waals surface area contributed by atoms with E-state index in [9.17, 15) is 13.7 Å². The summed E-state index contributed by atoms with van der Waals surface area (Å²) >= 11 is 0. The number of hydrogen-bond acceptors (Lipinski definition) is 5. The molecule has 2 aliphatic heterocycles. The fraction of sp³-hybridized carbons (Fsp3) is 0.533. The molecule has 2 saturated heterocycles. The lowest BCUT2D eigenvalue weighted by atomic mass is 10.1. The lowest BCUT2D eigenvalue weighted by Crippen LogP contribution is -2.48. The zero-order chi connectivity index (χ0) is 15.9. The molecule has 0 aromatic heterocycles. The van der Waals surface area contributed by atoms with Crippen molar-refractivity contribution in [1.82, 2.24) is 9.21 Å². The van der Waals surface area contributed by atoms with Crippen LogP contribution >= 0.6 is 0 Å². The number of sulfonamides is 1. The van der Waals surface area contributed by atoms with Crippen LogP contribution in [0.15, 0.2) is 23.1 Å². The van der Waals surface area contributed by atoms with E-state index in [2.05, 4.69) is 4.90 Å². The van der Waals surface area contributed by atoms with Crippen molar-refractivity contribution in [2.45, 2.75) is 24.0 Å². The molecular formula is C15H19N3O3S. The summed E-state index contributed by atoms with van der Waals surface area (Å²) in [6.45, 7) is 3.93. The van der Waals surface area contributed by atoms with Crippen LogP contribution in [-0.4, -0.2) is 63.1 Å². The predicted octanol–water partition coefficient (Wildman–Crippen LogP) is 0.570. The van der Waals surface area contributed by atoms with Crippen LogP contribution in [0, 0.1) is 18.3 Å². The highest BCUT2D eigenvalue weighted by molar-refractivity contribution is 7.89. The first-order valence-corrected chi connectivity index (χ1v) is 8.71. The molecule has 0 unspecified atom stereocenters. The van der Waals surface area contributed by atoms with Crippen molar-refractivity contribution in [3.05, 3.63) is 29.3 Å². The maximum absolute atomic E-state index is 12.9. The maximum atomic E-state index is 12.9. The second-order valence-corrected chi connectivity index (χ2v) is 7.75. The van der Waals surface area contributed by atoms with Gasteiger partial charge in [-0.1, -0.05) is 12.1 Å². The van der Waals surface area contributed by atoms with E-state index in [0.29, 0.717) is 25.3 Å². The lowest BCUT2D eigenvalue weighted by molar-refractivity contribution is -0.0366. The second-order valence-electron chi connectivity index (χ2n) is 5.84. The van der Waals surface area contributed by atoms with Crippen LogP contribution in [0.2, 0.25) is 0 Å². The quantitative estimate of drug-likeness (QED) is 0.796. The largest absolute Gasteiger partial charge is 0.374 e. The molecule has 2 fully saturated rings. The van der Waals surface area contributed by atoms with Crippen LogP contribution in [0.3, 0.4) is 0 Å². The summed E-state index contributed by atoms with van der Waals surface area (Å²) in [6.07, 6.45) is -0.0936. The Labute approximate surface area is 130 Å². The Bertz CT molecular complexity index is 726. The van der Waals surface area contributed by atoms with Crippen molar-refractivity contribution in [2.75, 3.05) is 33.3 Å². The first kappa shape index (κ1) is 15.4. The van der Waals surface area contributed by atoms with Gasteiger partial charge in [0.1, 0.15) is 11.0 Å². The highest BCUT2D eigenvalue weighted by atomic mass is 32.2. The Morgan fingerprint density at radius 2 is 2.14 bits per heavy atom. The predicted molar refractivity (Wildman–Crippen MR) is 80.8 cm³/mol. The summed E-state index contributed by atoms with van der Waals surface area (Å²) in [7, 11) is -1.69. The molecule has 0 bridgehead atoms. The normalized spacial score (nSPS) is 26.6. The summed E-state index contributed by atoms with van der Waals surface area (Å²) in [4.78, 5) is 2.24. The zero-order valence-electron chi connectivity index (χ0n) is 12.7. The van der Waals surface area contributed by atoms with Gasteiger partial charge in [-0.05, 0) is 25.6 Å². The van der Waals surface area contributed by atoms with Crippen LogP contribution < -0.4 is 0 Å². The highest BCUT2D eigenvalue weighted by Gasteiger charge is 2.44. The van der Waals surface area contributed by atoms with Crippen LogP contribution in [0.5, 0.6) is 0 Å². The molecule has 0 aliphatic carbocycles. The van der Waals surface area contributed by atoms with E-state index in [0.717, 1.165) is 6.54 Å². The number of aryl methyl sites for hydroxylation is 1. The number of benzene rings is 1. The molecular weight excluding hydrogens is 302 g/mol. The Morgan fingerprint density at radius 1 is 1.36 bits per heavy atom. The van der Waals surface area contributed by atoms with E-state index >= 15 is 0 Å². The molecule has 6 nitrogen and oxygen atoms in total. The van der Waals surface area contributed by atoms with Gasteiger partial charge in [0.15, 0.2) is 0 Å². The second kappa shape index (κ2) is 5.63. The molecule has 0 N–H and O–H groups in total. The summed E-state index contributed by atoms with van der Waals surface area (Å²) < 4.78 is 33.0. The number of nitriles is 1. The number of nitrogens with zero attached hydrogens (tertiary/aromatic N) is 3. The Balaban J connectivity index is 1.95. The van der Waals surface area contributed by atoms with Gasteiger partial charge in [-0.25, -0.2) is 8.42 Å². The fourth-order valence-electron chi connectivity index (χ4n) is 3.16. The molecule has 0 amide bonds. The third-order valence-electron chi connectivity index (χ3n) is 4.51. The molecule has 3 rings (SSSR count). The van der Waals surface area contributed by atoms with Gasteiger partial charge >= 0.3 is 0 Å². The van der Waals surface area contributed by atoms with E-state index in [-0.39, 0.29) is 22.6 Å². The molecule has 1 aromatic carbocycles. The number of hydrogen-bond donors (Lipinski definition) is 0. The Hall–Kier alpha value is -1.46. The first-order valence-electron chi connectivity index (χ1n) is 7.27. The summed E-state index contributed by atoms with van der Waals surface area (Å²) in [5.41, 5.74) is 0.903. The molecule has 0 saturated carbocycles. The van der Waals surface area contributed by atoms with Gasteiger partial charge in [-0.3, -0.25) is 4.90 Å². The van der Waals surface area contributed by atoms with Gasteiger partial charge in [0.2, 0.25) is 10.0 Å². The number of morpholine rings is 1. The molecule has 2 aliphatic rings. The van der Waals surface area contributed by atoms with Crippen molar-refractivity contribution in [3.63, 3.8) is 0 Å². The molecule has 118 valence electrons. The Kier molecular flexibility index (Phi) is 3.95. The monoisotopic (exact) mass is 321 g/mol. The van der Waals surface area contributed by atoms with Crippen molar-refractivity contribution in [1.29, 1.82) is 5.26 Å². The minimum absolute atomic E-state index is 0.0823. The molecule has 7 heteroatoms. The van der Waals surface area contributed by atoms with Gasteiger partial charge < -0.3 is 4.74 Å². The van der Waals surface area contributed by atoms with E-state index in [1.165, 1.54) is 10.4 Å². The smallest absolute Gasteiger partial charge is 0.244 e. The molecule has 0 radical (unpaired) electrons. The summed E-state index contributed by atoms with van der Waals surface area (Å²) in [6, 6.07) is 7.03. The summed E-state index contributed by atoms with van der Waals surface area (Å²) in [5, 5.41) is 9.29. The zero-order valence-corrected chi connectivity index (χ0v) is 13.5. The van der Waals surface area contributed by atoms with E-state index in [1.54, 1.807) is 19.1 Å². The molecule has 22 heavy (non-hydrogen) atoms. The SMILES string of the molecule is Cc1cccc(S(=O)(=O)N2C[C@H]3OCCN(C)[C@H]3C2)c1C#N. The highest BCUT2D eigenvalue weighted by Crippen LogP contribution is 2.29. The molecule has 0 spiro atoms. The van der Waals surface area contributed by atoms with Crippen molar-refractivity contribution in [3.8, 4) is 6.07 Å². The van der Waals surface area contributed by atoms with E-state index in [4.69, 9.17) is 4.74 Å². The number of likely N-dealkylation sites (N-methyl/N-ethyl adjacent to an activating group) is 1. The first-order chi connectivity index (χ1) is 10.4. The molecule has 2 atom stereocenters.